The van der Waals surface area contributed by atoms with Crippen molar-refractivity contribution < 1.29 is 9.18 Å². The number of aromatic nitrogens is 2. The summed E-state index contributed by atoms with van der Waals surface area (Å²) in [6.45, 7) is 0.141. The molecule has 0 fully saturated rings. The van der Waals surface area contributed by atoms with Crippen LogP contribution < -0.4 is 0 Å². The largest absolute Gasteiger partial charge is 0.347 e. The van der Waals surface area contributed by atoms with Gasteiger partial charge in [-0.3, -0.25) is 9.48 Å². The summed E-state index contributed by atoms with van der Waals surface area (Å²) in [5, 5.41) is 4.07. The first-order valence-corrected chi connectivity index (χ1v) is 6.45. The molecular weight excluding hydrogens is 313 g/mol. The molecule has 0 N–H and O–H groups in total. The van der Waals surface area contributed by atoms with Crippen molar-refractivity contribution in [3.8, 4) is 11.1 Å². The highest BCUT2D eigenvalue weighted by atomic mass is 79.9. The van der Waals surface area contributed by atoms with Gasteiger partial charge in [-0.05, 0) is 22.0 Å². The van der Waals surface area contributed by atoms with Crippen LogP contribution in [0.15, 0.2) is 35.1 Å². The Morgan fingerprint density at radius 3 is 2.89 bits per heavy atom. The van der Waals surface area contributed by atoms with E-state index in [-0.39, 0.29) is 18.3 Å². The molecule has 4 nitrogen and oxygen atoms in total. The number of hydrogen-bond donors (Lipinski definition) is 0. The Morgan fingerprint density at radius 2 is 2.21 bits per heavy atom. The van der Waals surface area contributed by atoms with Crippen molar-refractivity contribution in [2.45, 2.75) is 6.54 Å². The summed E-state index contributed by atoms with van der Waals surface area (Å²) in [6.07, 6.45) is 3.21. The number of likely N-dealkylation sites (N-methyl/N-ethyl adjacent to an activating group) is 1. The molecular formula is C13H13BrFN3O. The Balaban J connectivity index is 2.26. The van der Waals surface area contributed by atoms with Crippen LogP contribution in [0, 0.1) is 5.82 Å². The lowest BCUT2D eigenvalue weighted by Gasteiger charge is -2.09. The SMILES string of the molecule is CN(C)C(=O)Cn1cc(-c2cccc(Br)c2F)cn1. The Bertz CT molecular complexity index is 610. The number of carbonyl (C=O) groups is 1. The molecule has 1 heterocycles. The quantitative estimate of drug-likeness (QED) is 0.869. The normalized spacial score (nSPS) is 10.5. The molecule has 2 rings (SSSR count). The van der Waals surface area contributed by atoms with Gasteiger partial charge < -0.3 is 4.90 Å². The van der Waals surface area contributed by atoms with Gasteiger partial charge in [-0.2, -0.15) is 5.10 Å². The van der Waals surface area contributed by atoms with Crippen LogP contribution in [0.2, 0.25) is 0 Å². The van der Waals surface area contributed by atoms with Gasteiger partial charge in [-0.1, -0.05) is 12.1 Å². The number of rotatable bonds is 3. The first-order chi connectivity index (χ1) is 8.99. The van der Waals surface area contributed by atoms with Gasteiger partial charge in [0.15, 0.2) is 0 Å². The molecule has 2 aromatic rings. The molecule has 0 unspecified atom stereocenters. The number of carbonyl (C=O) groups excluding carboxylic acids is 1. The Labute approximate surface area is 119 Å². The van der Waals surface area contributed by atoms with E-state index in [2.05, 4.69) is 21.0 Å². The average molecular weight is 326 g/mol. The van der Waals surface area contributed by atoms with E-state index in [4.69, 9.17) is 0 Å². The lowest BCUT2D eigenvalue weighted by molar-refractivity contribution is -0.129. The number of halogens is 2. The molecule has 1 aromatic heterocycles. The van der Waals surface area contributed by atoms with E-state index in [9.17, 15) is 9.18 Å². The zero-order valence-electron chi connectivity index (χ0n) is 10.6. The lowest BCUT2D eigenvalue weighted by atomic mass is 10.1. The maximum absolute atomic E-state index is 13.9. The van der Waals surface area contributed by atoms with Crippen LogP contribution in [-0.4, -0.2) is 34.7 Å². The standard InChI is InChI=1S/C13H13BrFN3O/c1-17(2)12(19)8-18-7-9(6-16-18)10-4-3-5-11(14)13(10)15/h3-7H,8H2,1-2H3. The van der Waals surface area contributed by atoms with Gasteiger partial charge in [0.05, 0.1) is 10.7 Å². The molecule has 0 radical (unpaired) electrons. The fourth-order valence-electron chi connectivity index (χ4n) is 1.60. The number of benzene rings is 1. The van der Waals surface area contributed by atoms with E-state index in [0.717, 1.165) is 0 Å². The first kappa shape index (κ1) is 13.7. The first-order valence-electron chi connectivity index (χ1n) is 5.66. The molecule has 19 heavy (non-hydrogen) atoms. The summed E-state index contributed by atoms with van der Waals surface area (Å²) >= 11 is 3.15. The molecule has 0 saturated heterocycles. The number of nitrogens with zero attached hydrogens (tertiary/aromatic N) is 3. The predicted molar refractivity (Wildman–Crippen MR) is 74.0 cm³/mol. The minimum Gasteiger partial charge on any atom is -0.347 e. The van der Waals surface area contributed by atoms with Gasteiger partial charge in [0, 0.05) is 31.4 Å². The van der Waals surface area contributed by atoms with E-state index in [1.54, 1.807) is 44.7 Å². The topological polar surface area (TPSA) is 38.1 Å². The smallest absolute Gasteiger partial charge is 0.243 e. The maximum Gasteiger partial charge on any atom is 0.243 e. The van der Waals surface area contributed by atoms with Crippen molar-refractivity contribution in [2.24, 2.45) is 0 Å². The highest BCUT2D eigenvalue weighted by molar-refractivity contribution is 9.10. The predicted octanol–water partition coefficient (Wildman–Crippen LogP) is 2.54. The van der Waals surface area contributed by atoms with Crippen LogP contribution in [0.5, 0.6) is 0 Å². The van der Waals surface area contributed by atoms with E-state index in [1.807, 2.05) is 0 Å². The van der Waals surface area contributed by atoms with E-state index < -0.39 is 0 Å². The lowest BCUT2D eigenvalue weighted by Crippen LogP contribution is -2.26. The molecule has 0 aliphatic heterocycles. The molecule has 1 amide bonds. The van der Waals surface area contributed by atoms with Gasteiger partial charge in [0.1, 0.15) is 12.4 Å². The molecule has 6 heteroatoms. The van der Waals surface area contributed by atoms with E-state index in [1.165, 1.54) is 9.58 Å². The van der Waals surface area contributed by atoms with Crippen LogP contribution in [0.25, 0.3) is 11.1 Å². The second kappa shape index (κ2) is 5.52. The molecule has 0 aliphatic carbocycles. The minimum absolute atomic E-state index is 0.0654. The van der Waals surface area contributed by atoms with Crippen molar-refractivity contribution in [3.05, 3.63) is 40.9 Å². The van der Waals surface area contributed by atoms with Gasteiger partial charge >= 0.3 is 0 Å². The average Bonchev–Trinajstić information content (AvgIpc) is 2.81. The van der Waals surface area contributed by atoms with Crippen LogP contribution in [0.3, 0.4) is 0 Å². The summed E-state index contributed by atoms with van der Waals surface area (Å²) in [6, 6.07) is 5.07. The Kier molecular flexibility index (Phi) is 3.99. The molecule has 0 aliphatic rings. The van der Waals surface area contributed by atoms with Gasteiger partial charge in [0.2, 0.25) is 5.91 Å². The van der Waals surface area contributed by atoms with E-state index >= 15 is 0 Å². The minimum atomic E-state index is -0.332. The van der Waals surface area contributed by atoms with Crippen molar-refractivity contribution in [2.75, 3.05) is 14.1 Å². The van der Waals surface area contributed by atoms with Gasteiger partial charge in [0.25, 0.3) is 0 Å². The van der Waals surface area contributed by atoms with Crippen LogP contribution >= 0.6 is 15.9 Å². The molecule has 0 atom stereocenters. The van der Waals surface area contributed by atoms with E-state index in [0.29, 0.717) is 15.6 Å². The molecule has 0 spiro atoms. The van der Waals surface area contributed by atoms with Crippen LogP contribution in [0.4, 0.5) is 4.39 Å². The zero-order chi connectivity index (χ0) is 14.0. The molecule has 100 valence electrons. The zero-order valence-corrected chi connectivity index (χ0v) is 12.2. The Hall–Kier alpha value is -1.69. The van der Waals surface area contributed by atoms with Gasteiger partial charge in [-0.15, -0.1) is 0 Å². The fraction of sp³-hybridized carbons (Fsp3) is 0.231. The van der Waals surface area contributed by atoms with Crippen molar-refractivity contribution in [3.63, 3.8) is 0 Å². The molecule has 1 aromatic carbocycles. The third-order valence-electron chi connectivity index (χ3n) is 2.69. The second-order valence-corrected chi connectivity index (χ2v) is 5.17. The van der Waals surface area contributed by atoms with Crippen LogP contribution in [0.1, 0.15) is 0 Å². The Morgan fingerprint density at radius 1 is 1.47 bits per heavy atom. The van der Waals surface area contributed by atoms with Crippen molar-refractivity contribution in [1.82, 2.24) is 14.7 Å². The fourth-order valence-corrected chi connectivity index (χ4v) is 1.96. The summed E-state index contributed by atoms with van der Waals surface area (Å²) in [5.41, 5.74) is 1.10. The monoisotopic (exact) mass is 325 g/mol. The highest BCUT2D eigenvalue weighted by Crippen LogP contribution is 2.27. The van der Waals surface area contributed by atoms with Crippen molar-refractivity contribution in [1.29, 1.82) is 0 Å². The summed E-state index contributed by atoms with van der Waals surface area (Å²) < 4.78 is 15.8. The van der Waals surface area contributed by atoms with Crippen LogP contribution in [-0.2, 0) is 11.3 Å². The van der Waals surface area contributed by atoms with Gasteiger partial charge in [-0.25, -0.2) is 4.39 Å². The second-order valence-electron chi connectivity index (χ2n) is 4.32. The third kappa shape index (κ3) is 3.01. The molecule has 0 bridgehead atoms. The molecule has 0 saturated carbocycles. The third-order valence-corrected chi connectivity index (χ3v) is 3.30. The van der Waals surface area contributed by atoms with Crippen molar-refractivity contribution >= 4 is 21.8 Å². The maximum atomic E-state index is 13.9. The number of amides is 1. The summed E-state index contributed by atoms with van der Waals surface area (Å²) in [4.78, 5) is 13.0. The number of hydrogen-bond acceptors (Lipinski definition) is 2. The summed E-state index contributed by atoms with van der Waals surface area (Å²) in [5.74, 6) is -0.398. The summed E-state index contributed by atoms with van der Waals surface area (Å²) in [7, 11) is 3.36. The highest BCUT2D eigenvalue weighted by Gasteiger charge is 2.11.